The normalized spacial score (nSPS) is 24.6. The van der Waals surface area contributed by atoms with Gasteiger partial charge in [0.25, 0.3) is 0 Å². The summed E-state index contributed by atoms with van der Waals surface area (Å²) in [6, 6.07) is 17.4. The Morgan fingerprint density at radius 2 is 1.53 bits per heavy atom. The highest BCUT2D eigenvalue weighted by molar-refractivity contribution is 6.65. The molecule has 1 saturated heterocycles. The third kappa shape index (κ3) is 5.69. The zero-order valence-electron chi connectivity index (χ0n) is 20.3. The molecule has 2 aromatic carbocycles. The molecular formula is C28H34ClFN2O2. The van der Waals surface area contributed by atoms with Crippen LogP contribution in [-0.2, 0) is 16.1 Å². The van der Waals surface area contributed by atoms with Gasteiger partial charge in [0.1, 0.15) is 5.82 Å². The monoisotopic (exact) mass is 484 g/mol. The molecule has 182 valence electrons. The topological polar surface area (TPSA) is 40.6 Å². The molecule has 2 atom stereocenters. The number of piperazine rings is 1. The molecule has 1 amide bonds. The number of benzene rings is 2. The zero-order valence-corrected chi connectivity index (χ0v) is 21.0. The molecule has 6 heteroatoms. The number of amides is 1. The summed E-state index contributed by atoms with van der Waals surface area (Å²) in [6.07, 6.45) is 3.94. The van der Waals surface area contributed by atoms with Crippen molar-refractivity contribution in [3.63, 3.8) is 0 Å². The lowest BCUT2D eigenvalue weighted by atomic mass is 9.96. The maximum absolute atomic E-state index is 13.5. The third-order valence-electron chi connectivity index (χ3n) is 7.58. The van der Waals surface area contributed by atoms with Crippen LogP contribution in [0.5, 0.6) is 0 Å². The Morgan fingerprint density at radius 1 is 0.941 bits per heavy atom. The average molecular weight is 485 g/mol. The van der Waals surface area contributed by atoms with Gasteiger partial charge in [0.2, 0.25) is 11.1 Å². The SMILES string of the molecule is CC1(C(=O)Cl)CC1.C[C@@H]1CN(Cc2ccccc2)[C@@H](c2ccc(F)cc2)CN1C(=O)C1(C)CC1. The lowest BCUT2D eigenvalue weighted by molar-refractivity contribution is -0.143. The third-order valence-corrected chi connectivity index (χ3v) is 8.03. The molecule has 1 aliphatic heterocycles. The quantitative estimate of drug-likeness (QED) is 0.492. The fraction of sp³-hybridized carbons (Fsp3) is 0.500. The lowest BCUT2D eigenvalue weighted by Gasteiger charge is -2.46. The molecule has 0 spiro atoms. The van der Waals surface area contributed by atoms with E-state index in [9.17, 15) is 14.0 Å². The summed E-state index contributed by atoms with van der Waals surface area (Å²) in [5, 5.41) is -0.174. The van der Waals surface area contributed by atoms with E-state index in [1.165, 1.54) is 17.7 Å². The van der Waals surface area contributed by atoms with Crippen LogP contribution >= 0.6 is 11.6 Å². The largest absolute Gasteiger partial charge is 0.336 e. The van der Waals surface area contributed by atoms with Crippen molar-refractivity contribution in [2.24, 2.45) is 10.8 Å². The van der Waals surface area contributed by atoms with Crippen molar-refractivity contribution >= 4 is 22.8 Å². The maximum atomic E-state index is 13.5. The van der Waals surface area contributed by atoms with Gasteiger partial charge < -0.3 is 4.90 Å². The van der Waals surface area contributed by atoms with Crippen LogP contribution in [-0.4, -0.2) is 40.1 Å². The van der Waals surface area contributed by atoms with Gasteiger partial charge in [0, 0.05) is 36.5 Å². The van der Waals surface area contributed by atoms with E-state index in [1.807, 2.05) is 25.1 Å². The summed E-state index contributed by atoms with van der Waals surface area (Å²) >= 11 is 5.18. The zero-order chi connectivity index (χ0) is 24.5. The second kappa shape index (κ2) is 9.79. The first-order valence-corrected chi connectivity index (χ1v) is 12.5. The molecule has 3 fully saturated rings. The molecule has 3 aliphatic rings. The molecule has 2 aromatic rings. The molecule has 4 nitrogen and oxygen atoms in total. The van der Waals surface area contributed by atoms with E-state index in [1.54, 1.807) is 0 Å². The van der Waals surface area contributed by atoms with Gasteiger partial charge in [0.05, 0.1) is 6.04 Å². The number of nitrogens with zero attached hydrogens (tertiary/aromatic N) is 2. The van der Waals surface area contributed by atoms with Crippen LogP contribution in [0.25, 0.3) is 0 Å². The molecule has 1 heterocycles. The summed E-state index contributed by atoms with van der Waals surface area (Å²) in [5.41, 5.74) is 2.04. The summed E-state index contributed by atoms with van der Waals surface area (Å²) in [5.74, 6) is 0.0532. The average Bonchev–Trinajstić information content (AvgIpc) is 3.74. The summed E-state index contributed by atoms with van der Waals surface area (Å²) in [4.78, 5) is 27.8. The van der Waals surface area contributed by atoms with Crippen molar-refractivity contribution in [1.29, 1.82) is 0 Å². The summed E-state index contributed by atoms with van der Waals surface area (Å²) < 4.78 is 13.5. The van der Waals surface area contributed by atoms with Gasteiger partial charge in [-0.1, -0.05) is 56.3 Å². The standard InChI is InChI=1S/C23H27FN2O.C5H7ClO/c1-17-14-25(15-18-6-4-3-5-7-18)21(19-8-10-20(24)11-9-19)16-26(17)22(27)23(2)12-13-23;1-5(2-3-5)4(6)7/h3-11,17,21H,12-16H2,1-2H3;2-3H2,1H3/t17-,21-;/m1./s1. The Morgan fingerprint density at radius 3 is 2.03 bits per heavy atom. The van der Waals surface area contributed by atoms with Gasteiger partial charge in [-0.2, -0.15) is 0 Å². The molecule has 0 aromatic heterocycles. The van der Waals surface area contributed by atoms with E-state index in [2.05, 4.69) is 47.9 Å². The Kier molecular flexibility index (Phi) is 7.16. The Bertz CT molecular complexity index is 1020. The first-order chi connectivity index (χ1) is 16.1. The first-order valence-electron chi connectivity index (χ1n) is 12.2. The van der Waals surface area contributed by atoms with Gasteiger partial charge in [-0.15, -0.1) is 0 Å². The Balaban J connectivity index is 0.000000336. The van der Waals surface area contributed by atoms with Crippen LogP contribution in [0.1, 0.15) is 63.6 Å². The highest BCUT2D eigenvalue weighted by Gasteiger charge is 2.49. The van der Waals surface area contributed by atoms with Crippen LogP contribution < -0.4 is 0 Å². The van der Waals surface area contributed by atoms with Crippen molar-refractivity contribution in [1.82, 2.24) is 9.80 Å². The van der Waals surface area contributed by atoms with E-state index in [4.69, 9.17) is 11.6 Å². The molecule has 34 heavy (non-hydrogen) atoms. The van der Waals surface area contributed by atoms with Gasteiger partial charge in [-0.25, -0.2) is 4.39 Å². The van der Waals surface area contributed by atoms with Crippen molar-refractivity contribution in [2.75, 3.05) is 13.1 Å². The van der Waals surface area contributed by atoms with Crippen LogP contribution in [0.2, 0.25) is 0 Å². The molecule has 5 rings (SSSR count). The van der Waals surface area contributed by atoms with Crippen LogP contribution in [0, 0.1) is 16.6 Å². The minimum atomic E-state index is -0.226. The smallest absolute Gasteiger partial charge is 0.228 e. The van der Waals surface area contributed by atoms with Crippen molar-refractivity contribution in [3.05, 3.63) is 71.5 Å². The van der Waals surface area contributed by atoms with Crippen molar-refractivity contribution in [3.8, 4) is 0 Å². The molecule has 0 N–H and O–H groups in total. The predicted octanol–water partition coefficient (Wildman–Crippen LogP) is 5.95. The van der Waals surface area contributed by atoms with Gasteiger partial charge in [0.15, 0.2) is 0 Å². The van der Waals surface area contributed by atoms with Gasteiger partial charge in [-0.3, -0.25) is 14.5 Å². The minimum Gasteiger partial charge on any atom is -0.336 e. The van der Waals surface area contributed by atoms with Gasteiger partial charge >= 0.3 is 0 Å². The summed E-state index contributed by atoms with van der Waals surface area (Å²) in [7, 11) is 0. The number of halogens is 2. The van der Waals surface area contributed by atoms with E-state index in [-0.39, 0.29) is 39.9 Å². The number of rotatable bonds is 5. The lowest BCUT2D eigenvalue weighted by Crippen LogP contribution is -2.56. The number of carbonyl (C=O) groups excluding carboxylic acids is 2. The molecule has 0 unspecified atom stereocenters. The van der Waals surface area contributed by atoms with E-state index >= 15 is 0 Å². The highest BCUT2D eigenvalue weighted by Crippen LogP contribution is 2.48. The fourth-order valence-electron chi connectivity index (χ4n) is 4.46. The summed E-state index contributed by atoms with van der Waals surface area (Å²) in [6.45, 7) is 8.41. The Hall–Kier alpha value is -2.24. The fourth-order valence-corrected chi connectivity index (χ4v) is 4.64. The van der Waals surface area contributed by atoms with Crippen LogP contribution in [0.3, 0.4) is 0 Å². The number of hydrogen-bond acceptors (Lipinski definition) is 3. The van der Waals surface area contributed by atoms with Crippen molar-refractivity contribution < 1.29 is 14.0 Å². The van der Waals surface area contributed by atoms with E-state index < -0.39 is 0 Å². The number of carbonyl (C=O) groups is 2. The second-order valence-electron chi connectivity index (χ2n) is 10.7. The Labute approximate surface area is 207 Å². The first kappa shape index (κ1) is 24.9. The molecular weight excluding hydrogens is 451 g/mol. The number of hydrogen-bond donors (Lipinski definition) is 0. The molecule has 2 saturated carbocycles. The van der Waals surface area contributed by atoms with Crippen molar-refractivity contribution in [2.45, 2.75) is 65.1 Å². The van der Waals surface area contributed by atoms with Crippen LogP contribution in [0.4, 0.5) is 4.39 Å². The maximum Gasteiger partial charge on any atom is 0.228 e. The predicted molar refractivity (Wildman–Crippen MR) is 133 cm³/mol. The minimum absolute atomic E-state index is 0.0771. The van der Waals surface area contributed by atoms with E-state index in [0.717, 1.165) is 44.3 Å². The second-order valence-corrected chi connectivity index (χ2v) is 11.0. The van der Waals surface area contributed by atoms with Gasteiger partial charge in [-0.05, 0) is 67.5 Å². The molecule has 2 aliphatic carbocycles. The molecule has 0 bridgehead atoms. The van der Waals surface area contributed by atoms with E-state index in [0.29, 0.717) is 6.54 Å². The van der Waals surface area contributed by atoms with Crippen LogP contribution in [0.15, 0.2) is 54.6 Å². The highest BCUT2D eigenvalue weighted by atomic mass is 35.5. The molecule has 0 radical (unpaired) electrons.